The van der Waals surface area contributed by atoms with E-state index >= 15 is 0 Å². The summed E-state index contributed by atoms with van der Waals surface area (Å²) in [5.74, 6) is 0. The van der Waals surface area contributed by atoms with E-state index in [-0.39, 0.29) is 15.8 Å². The van der Waals surface area contributed by atoms with Crippen LogP contribution in [0.1, 0.15) is 5.56 Å². The highest BCUT2D eigenvalue weighted by molar-refractivity contribution is 9.10. The molecule has 72 valence electrons. The van der Waals surface area contributed by atoms with Gasteiger partial charge in [-0.3, -0.25) is 0 Å². The zero-order valence-corrected chi connectivity index (χ0v) is 7.91. The minimum absolute atomic E-state index is 0.141. The summed E-state index contributed by atoms with van der Waals surface area (Å²) in [6, 6.07) is 2.24. The fourth-order valence-electron chi connectivity index (χ4n) is 0.949. The molecule has 0 atom stereocenters. The maximum atomic E-state index is 12.3. The molecule has 13 heavy (non-hydrogen) atoms. The van der Waals surface area contributed by atoms with Gasteiger partial charge in [0.05, 0.1) is 5.56 Å². The van der Waals surface area contributed by atoms with Crippen LogP contribution in [0, 0.1) is 0 Å². The standard InChI is InChI=1S/C7H6BrF3N2/c8-4-1-3(12)2-5(13)6(4)7(9,10)11/h1-2H,12-13H2. The summed E-state index contributed by atoms with van der Waals surface area (Å²) in [5.41, 5.74) is 9.40. The lowest BCUT2D eigenvalue weighted by molar-refractivity contribution is -0.137. The molecular formula is C7H6BrF3N2. The highest BCUT2D eigenvalue weighted by Gasteiger charge is 2.35. The van der Waals surface area contributed by atoms with Crippen LogP contribution in [0.5, 0.6) is 0 Å². The molecular weight excluding hydrogens is 249 g/mol. The summed E-state index contributed by atoms with van der Waals surface area (Å²) in [4.78, 5) is 0. The molecule has 0 heterocycles. The molecule has 0 unspecified atom stereocenters. The summed E-state index contributed by atoms with van der Waals surface area (Å²) in [6.45, 7) is 0. The lowest BCUT2D eigenvalue weighted by Gasteiger charge is -2.12. The van der Waals surface area contributed by atoms with Crippen molar-refractivity contribution in [1.29, 1.82) is 0 Å². The van der Waals surface area contributed by atoms with Crippen LogP contribution >= 0.6 is 15.9 Å². The number of nitrogen functional groups attached to an aromatic ring is 2. The highest BCUT2D eigenvalue weighted by Crippen LogP contribution is 2.39. The summed E-state index contributed by atoms with van der Waals surface area (Å²) in [6.07, 6.45) is -4.46. The van der Waals surface area contributed by atoms with E-state index in [1.54, 1.807) is 0 Å². The van der Waals surface area contributed by atoms with E-state index in [2.05, 4.69) is 15.9 Å². The largest absolute Gasteiger partial charge is 0.419 e. The van der Waals surface area contributed by atoms with Gasteiger partial charge < -0.3 is 11.5 Å². The van der Waals surface area contributed by atoms with E-state index in [0.29, 0.717) is 0 Å². The second-order valence-corrected chi connectivity index (χ2v) is 3.32. The number of alkyl halides is 3. The van der Waals surface area contributed by atoms with Crippen LogP contribution < -0.4 is 11.5 Å². The molecule has 4 N–H and O–H groups in total. The fraction of sp³-hybridized carbons (Fsp3) is 0.143. The molecule has 0 aliphatic rings. The number of hydrogen-bond donors (Lipinski definition) is 2. The maximum Gasteiger partial charge on any atom is 0.419 e. The quantitative estimate of drug-likeness (QED) is 0.700. The van der Waals surface area contributed by atoms with Gasteiger partial charge in [-0.1, -0.05) is 15.9 Å². The number of benzene rings is 1. The Labute approximate surface area is 80.8 Å². The monoisotopic (exact) mass is 254 g/mol. The van der Waals surface area contributed by atoms with E-state index in [1.807, 2.05) is 0 Å². The topological polar surface area (TPSA) is 52.0 Å². The number of hydrogen-bond acceptors (Lipinski definition) is 2. The van der Waals surface area contributed by atoms with E-state index in [1.165, 1.54) is 6.07 Å². The summed E-state index contributed by atoms with van der Waals surface area (Å²) in [7, 11) is 0. The van der Waals surface area contributed by atoms with Crippen LogP contribution in [0.4, 0.5) is 24.5 Å². The van der Waals surface area contributed by atoms with Gasteiger partial charge in [-0.05, 0) is 12.1 Å². The van der Waals surface area contributed by atoms with Crippen LogP contribution in [-0.4, -0.2) is 0 Å². The van der Waals surface area contributed by atoms with Gasteiger partial charge in [-0.15, -0.1) is 0 Å². The third-order valence-corrected chi connectivity index (χ3v) is 2.05. The molecule has 2 nitrogen and oxygen atoms in total. The molecule has 0 bridgehead atoms. The van der Waals surface area contributed by atoms with Crippen molar-refractivity contribution < 1.29 is 13.2 Å². The van der Waals surface area contributed by atoms with Crippen LogP contribution in [0.15, 0.2) is 16.6 Å². The molecule has 0 aliphatic carbocycles. The maximum absolute atomic E-state index is 12.3. The lowest BCUT2D eigenvalue weighted by atomic mass is 10.1. The van der Waals surface area contributed by atoms with Crippen molar-refractivity contribution in [2.24, 2.45) is 0 Å². The molecule has 0 aromatic heterocycles. The number of halogens is 4. The first-order valence-corrected chi connectivity index (χ1v) is 4.03. The van der Waals surface area contributed by atoms with Crippen LogP contribution in [0.25, 0.3) is 0 Å². The van der Waals surface area contributed by atoms with Crippen LogP contribution in [-0.2, 0) is 6.18 Å². The first-order valence-electron chi connectivity index (χ1n) is 3.24. The Balaban J connectivity index is 3.38. The van der Waals surface area contributed by atoms with Crippen molar-refractivity contribution in [3.63, 3.8) is 0 Å². The van der Waals surface area contributed by atoms with Crippen LogP contribution in [0.3, 0.4) is 0 Å². The molecule has 6 heteroatoms. The Kier molecular flexibility index (Phi) is 2.42. The molecule has 0 fully saturated rings. The number of anilines is 2. The lowest BCUT2D eigenvalue weighted by Crippen LogP contribution is -2.10. The summed E-state index contributed by atoms with van der Waals surface area (Å²) in [5, 5.41) is 0. The van der Waals surface area contributed by atoms with E-state index < -0.39 is 11.7 Å². The molecule has 0 amide bonds. The molecule has 0 saturated carbocycles. The first kappa shape index (κ1) is 10.2. The zero-order chi connectivity index (χ0) is 10.2. The van der Waals surface area contributed by atoms with Gasteiger partial charge in [-0.25, -0.2) is 0 Å². The highest BCUT2D eigenvalue weighted by atomic mass is 79.9. The number of rotatable bonds is 0. The predicted octanol–water partition coefficient (Wildman–Crippen LogP) is 2.63. The van der Waals surface area contributed by atoms with Crippen molar-refractivity contribution in [2.45, 2.75) is 6.18 Å². The Bertz CT molecular complexity index is 312. The van der Waals surface area contributed by atoms with Gasteiger partial charge >= 0.3 is 6.18 Å². The summed E-state index contributed by atoms with van der Waals surface area (Å²) < 4.78 is 36.7. The minimum Gasteiger partial charge on any atom is -0.399 e. The number of nitrogens with two attached hydrogens (primary N) is 2. The van der Waals surface area contributed by atoms with Crippen molar-refractivity contribution in [3.05, 3.63) is 22.2 Å². The first-order chi connectivity index (χ1) is 5.82. The Hall–Kier alpha value is -0.910. The normalized spacial score (nSPS) is 11.7. The van der Waals surface area contributed by atoms with Crippen molar-refractivity contribution in [1.82, 2.24) is 0 Å². The third kappa shape index (κ3) is 2.06. The summed E-state index contributed by atoms with van der Waals surface area (Å²) >= 11 is 2.75. The molecule has 0 aliphatic heterocycles. The van der Waals surface area contributed by atoms with Gasteiger partial charge in [0.2, 0.25) is 0 Å². The Morgan fingerprint density at radius 1 is 1.15 bits per heavy atom. The van der Waals surface area contributed by atoms with Gasteiger partial charge in [-0.2, -0.15) is 13.2 Å². The predicted molar refractivity (Wildman–Crippen MR) is 48.0 cm³/mol. The van der Waals surface area contributed by atoms with Crippen molar-refractivity contribution in [2.75, 3.05) is 11.5 Å². The average Bonchev–Trinajstić information content (AvgIpc) is 1.78. The van der Waals surface area contributed by atoms with E-state index in [0.717, 1.165) is 6.07 Å². The molecule has 1 aromatic carbocycles. The fourth-order valence-corrected chi connectivity index (χ4v) is 1.67. The zero-order valence-electron chi connectivity index (χ0n) is 6.32. The molecule has 0 radical (unpaired) electrons. The van der Waals surface area contributed by atoms with E-state index in [4.69, 9.17) is 11.5 Å². The smallest absolute Gasteiger partial charge is 0.399 e. The van der Waals surface area contributed by atoms with Crippen molar-refractivity contribution in [3.8, 4) is 0 Å². The molecule has 1 aromatic rings. The van der Waals surface area contributed by atoms with Gasteiger partial charge in [0.25, 0.3) is 0 Å². The second kappa shape index (κ2) is 3.10. The average molecular weight is 255 g/mol. The van der Waals surface area contributed by atoms with Gasteiger partial charge in [0, 0.05) is 15.8 Å². The minimum atomic E-state index is -4.46. The van der Waals surface area contributed by atoms with E-state index in [9.17, 15) is 13.2 Å². The molecule has 0 saturated heterocycles. The van der Waals surface area contributed by atoms with Gasteiger partial charge in [0.15, 0.2) is 0 Å². The Morgan fingerprint density at radius 2 is 1.69 bits per heavy atom. The van der Waals surface area contributed by atoms with Crippen LogP contribution in [0.2, 0.25) is 0 Å². The SMILES string of the molecule is Nc1cc(N)c(C(F)(F)F)c(Br)c1. The molecule has 1 rings (SSSR count). The molecule has 0 spiro atoms. The van der Waals surface area contributed by atoms with Crippen molar-refractivity contribution >= 4 is 27.3 Å². The second-order valence-electron chi connectivity index (χ2n) is 2.46. The Morgan fingerprint density at radius 3 is 2.08 bits per heavy atom. The third-order valence-electron chi connectivity index (χ3n) is 1.43. The van der Waals surface area contributed by atoms with Gasteiger partial charge in [0.1, 0.15) is 0 Å².